The van der Waals surface area contributed by atoms with Crippen molar-refractivity contribution in [3.63, 3.8) is 0 Å². The molecule has 2 aromatic rings. The van der Waals surface area contributed by atoms with Crippen LogP contribution in [0.2, 0.25) is 5.02 Å². The molecule has 1 amide bonds. The number of halogens is 1. The van der Waals surface area contributed by atoms with Gasteiger partial charge < -0.3 is 5.32 Å². The molecule has 1 aliphatic rings. The summed E-state index contributed by atoms with van der Waals surface area (Å²) in [5, 5.41) is 17.7. The number of nitrogens with zero attached hydrogens (tertiary/aromatic N) is 3. The fraction of sp³-hybridized carbons (Fsp3) is 0.467. The SMILES string of the molecule is CCCC(NC(=O)C1CC1c1cccc(Cl)c1)c1nn[nH]n1. The topological polar surface area (TPSA) is 83.6 Å². The summed E-state index contributed by atoms with van der Waals surface area (Å²) in [4.78, 5) is 12.4. The van der Waals surface area contributed by atoms with E-state index in [1.807, 2.05) is 24.3 Å². The lowest BCUT2D eigenvalue weighted by molar-refractivity contribution is -0.123. The summed E-state index contributed by atoms with van der Waals surface area (Å²) in [5.41, 5.74) is 1.12. The molecular formula is C15H18ClN5O. The van der Waals surface area contributed by atoms with E-state index in [0.717, 1.165) is 24.8 Å². The van der Waals surface area contributed by atoms with Crippen LogP contribution in [0.3, 0.4) is 0 Å². The fourth-order valence-corrected chi connectivity index (χ4v) is 2.94. The van der Waals surface area contributed by atoms with Gasteiger partial charge >= 0.3 is 0 Å². The molecule has 0 radical (unpaired) electrons. The number of hydrogen-bond acceptors (Lipinski definition) is 4. The van der Waals surface area contributed by atoms with E-state index >= 15 is 0 Å². The third-order valence-electron chi connectivity index (χ3n) is 3.97. The molecule has 1 heterocycles. The molecule has 0 bridgehead atoms. The summed E-state index contributed by atoms with van der Waals surface area (Å²) < 4.78 is 0. The second-order valence-corrected chi connectivity index (χ2v) is 6.06. The number of H-pyrrole nitrogens is 1. The van der Waals surface area contributed by atoms with Gasteiger partial charge in [-0.25, -0.2) is 0 Å². The van der Waals surface area contributed by atoms with E-state index in [9.17, 15) is 4.79 Å². The van der Waals surface area contributed by atoms with Crippen LogP contribution in [0, 0.1) is 5.92 Å². The molecule has 3 atom stereocenters. The lowest BCUT2D eigenvalue weighted by Crippen LogP contribution is -2.30. The Morgan fingerprint density at radius 2 is 2.41 bits per heavy atom. The summed E-state index contributed by atoms with van der Waals surface area (Å²) in [6.07, 6.45) is 2.58. The second-order valence-electron chi connectivity index (χ2n) is 5.62. The highest BCUT2D eigenvalue weighted by Crippen LogP contribution is 2.48. The molecule has 3 rings (SSSR count). The minimum absolute atomic E-state index is 0.00437. The average molecular weight is 320 g/mol. The lowest BCUT2D eigenvalue weighted by Gasteiger charge is -2.14. The molecule has 1 aromatic heterocycles. The van der Waals surface area contributed by atoms with Crippen LogP contribution in [0.5, 0.6) is 0 Å². The van der Waals surface area contributed by atoms with Crippen LogP contribution in [0.15, 0.2) is 24.3 Å². The standard InChI is InChI=1S/C15H18ClN5O/c1-2-4-13(14-18-20-21-19-14)17-15(22)12-8-11(12)9-5-3-6-10(16)7-9/h3,5-7,11-13H,2,4,8H2,1H3,(H,17,22)(H,18,19,20,21). The van der Waals surface area contributed by atoms with Crippen molar-refractivity contribution in [2.45, 2.75) is 38.1 Å². The van der Waals surface area contributed by atoms with E-state index in [4.69, 9.17) is 11.6 Å². The number of carbonyl (C=O) groups is 1. The predicted molar refractivity (Wildman–Crippen MR) is 82.3 cm³/mol. The first-order chi connectivity index (χ1) is 10.7. The zero-order valence-corrected chi connectivity index (χ0v) is 13.0. The van der Waals surface area contributed by atoms with Crippen molar-refractivity contribution < 1.29 is 4.79 Å². The highest BCUT2D eigenvalue weighted by Gasteiger charge is 2.44. The van der Waals surface area contributed by atoms with E-state index in [1.54, 1.807) is 0 Å². The quantitative estimate of drug-likeness (QED) is 0.857. The number of rotatable bonds is 6. The van der Waals surface area contributed by atoms with Gasteiger partial charge in [0, 0.05) is 10.9 Å². The van der Waals surface area contributed by atoms with Crippen LogP contribution in [0.4, 0.5) is 0 Å². The molecule has 1 fully saturated rings. The van der Waals surface area contributed by atoms with Crippen LogP contribution in [0.1, 0.15) is 49.5 Å². The Morgan fingerprint density at radius 1 is 1.55 bits per heavy atom. The number of hydrogen-bond donors (Lipinski definition) is 2. The summed E-state index contributed by atoms with van der Waals surface area (Å²) in [5.74, 6) is 0.847. The monoisotopic (exact) mass is 319 g/mol. The van der Waals surface area contributed by atoms with Gasteiger partial charge in [0.15, 0.2) is 5.82 Å². The van der Waals surface area contributed by atoms with Crippen molar-refractivity contribution in [1.82, 2.24) is 25.9 Å². The number of tetrazole rings is 1. The van der Waals surface area contributed by atoms with Crippen molar-refractivity contribution in [1.29, 1.82) is 0 Å². The Bertz CT molecular complexity index is 645. The third kappa shape index (κ3) is 3.27. The first-order valence-electron chi connectivity index (χ1n) is 7.48. The van der Waals surface area contributed by atoms with Gasteiger partial charge in [0.2, 0.25) is 5.91 Å². The van der Waals surface area contributed by atoms with Crippen molar-refractivity contribution >= 4 is 17.5 Å². The maximum Gasteiger partial charge on any atom is 0.224 e. The highest BCUT2D eigenvalue weighted by atomic mass is 35.5. The van der Waals surface area contributed by atoms with Gasteiger partial charge in [0.1, 0.15) is 0 Å². The summed E-state index contributed by atoms with van der Waals surface area (Å²) >= 11 is 6.01. The van der Waals surface area contributed by atoms with Crippen LogP contribution >= 0.6 is 11.6 Å². The Hall–Kier alpha value is -1.95. The highest BCUT2D eigenvalue weighted by molar-refractivity contribution is 6.30. The van der Waals surface area contributed by atoms with E-state index in [1.165, 1.54) is 0 Å². The smallest absolute Gasteiger partial charge is 0.224 e. The minimum Gasteiger partial charge on any atom is -0.346 e. The van der Waals surface area contributed by atoms with Crippen LogP contribution < -0.4 is 5.32 Å². The second kappa shape index (κ2) is 6.44. The van der Waals surface area contributed by atoms with Crippen LogP contribution in [0.25, 0.3) is 0 Å². The molecule has 7 heteroatoms. The molecule has 3 unspecified atom stereocenters. The number of carbonyl (C=O) groups excluding carboxylic acids is 1. The zero-order valence-electron chi connectivity index (χ0n) is 12.3. The molecule has 0 aliphatic heterocycles. The maximum absolute atomic E-state index is 12.4. The normalized spacial score (nSPS) is 21.4. The third-order valence-corrected chi connectivity index (χ3v) is 4.21. The number of amides is 1. The molecule has 6 nitrogen and oxygen atoms in total. The Balaban J connectivity index is 1.63. The number of benzene rings is 1. The van der Waals surface area contributed by atoms with Crippen LogP contribution in [-0.4, -0.2) is 26.5 Å². The predicted octanol–water partition coefficient (Wildman–Crippen LogP) is 2.61. The molecule has 1 aromatic carbocycles. The van der Waals surface area contributed by atoms with Crippen molar-refractivity contribution in [2.24, 2.45) is 5.92 Å². The molecule has 1 saturated carbocycles. The van der Waals surface area contributed by atoms with Crippen molar-refractivity contribution in [3.8, 4) is 0 Å². The van der Waals surface area contributed by atoms with Gasteiger partial charge in [-0.15, -0.1) is 10.2 Å². The molecule has 116 valence electrons. The van der Waals surface area contributed by atoms with Gasteiger partial charge in [-0.2, -0.15) is 5.21 Å². The summed E-state index contributed by atoms with van der Waals surface area (Å²) in [6, 6.07) is 7.53. The minimum atomic E-state index is -0.183. The zero-order chi connectivity index (χ0) is 15.5. The Kier molecular flexibility index (Phi) is 4.38. The van der Waals surface area contributed by atoms with E-state index < -0.39 is 0 Å². The van der Waals surface area contributed by atoms with E-state index in [2.05, 4.69) is 32.9 Å². The number of nitrogens with one attached hydrogen (secondary N) is 2. The molecule has 22 heavy (non-hydrogen) atoms. The van der Waals surface area contributed by atoms with Gasteiger partial charge in [-0.1, -0.05) is 42.3 Å². The van der Waals surface area contributed by atoms with Gasteiger partial charge in [-0.3, -0.25) is 4.79 Å². The van der Waals surface area contributed by atoms with Gasteiger partial charge in [0.25, 0.3) is 0 Å². The fourth-order valence-electron chi connectivity index (χ4n) is 2.74. The molecule has 2 N–H and O–H groups in total. The van der Waals surface area contributed by atoms with Gasteiger partial charge in [0.05, 0.1) is 6.04 Å². The Morgan fingerprint density at radius 3 is 3.09 bits per heavy atom. The first-order valence-corrected chi connectivity index (χ1v) is 7.86. The summed E-state index contributed by atoms with van der Waals surface area (Å²) in [6.45, 7) is 2.06. The van der Waals surface area contributed by atoms with E-state index in [-0.39, 0.29) is 23.8 Å². The molecule has 0 spiro atoms. The summed E-state index contributed by atoms with van der Waals surface area (Å²) in [7, 11) is 0. The molecule has 0 saturated heterocycles. The van der Waals surface area contributed by atoms with E-state index in [0.29, 0.717) is 10.8 Å². The average Bonchev–Trinajstić information content (AvgIpc) is 3.13. The number of aromatic amines is 1. The first kappa shape index (κ1) is 15.0. The van der Waals surface area contributed by atoms with Crippen molar-refractivity contribution in [3.05, 3.63) is 40.7 Å². The number of aromatic nitrogens is 4. The molecule has 1 aliphatic carbocycles. The lowest BCUT2D eigenvalue weighted by atomic mass is 10.1. The largest absolute Gasteiger partial charge is 0.346 e. The molecular weight excluding hydrogens is 302 g/mol. The van der Waals surface area contributed by atoms with Crippen molar-refractivity contribution in [2.75, 3.05) is 0 Å². The van der Waals surface area contributed by atoms with Gasteiger partial charge in [-0.05, 0) is 36.5 Å². The van der Waals surface area contributed by atoms with Crippen LogP contribution in [-0.2, 0) is 4.79 Å². The Labute approximate surface area is 133 Å². The maximum atomic E-state index is 12.4.